The molecule has 0 N–H and O–H groups in total. The summed E-state index contributed by atoms with van der Waals surface area (Å²) in [4.78, 5) is 29.0. The highest BCUT2D eigenvalue weighted by atomic mass is 16.6. The number of nitrogens with zero attached hydrogens (tertiary/aromatic N) is 6. The van der Waals surface area contributed by atoms with E-state index >= 15 is 0 Å². The Morgan fingerprint density at radius 2 is 0.952 bits per heavy atom. The van der Waals surface area contributed by atoms with E-state index in [2.05, 4.69) is 26.0 Å². The monoisotopic (exact) mass is 840 g/mol. The smallest absolute Gasteiger partial charge is 0.305 e. The number of carbonyl (C=O) groups excluding carboxylic acids is 2. The summed E-state index contributed by atoms with van der Waals surface area (Å²) in [7, 11) is 7.65. The summed E-state index contributed by atoms with van der Waals surface area (Å²) in [5.41, 5.74) is 3.25. The number of rotatable bonds is 25. The first-order valence-electron chi connectivity index (χ1n) is 21.4. The topological polar surface area (TPSA) is 173 Å². The maximum Gasteiger partial charge on any atom is 0.305 e. The fraction of sp³-hybridized carbons (Fsp3) is 0.440. The highest BCUT2D eigenvalue weighted by Crippen LogP contribution is 2.35. The quantitative estimate of drug-likeness (QED) is 0.0455. The normalized spacial score (nSPS) is 10.8. The van der Waals surface area contributed by atoms with E-state index < -0.39 is 0 Å². The highest BCUT2D eigenvalue weighted by Gasteiger charge is 2.22. The van der Waals surface area contributed by atoms with Gasteiger partial charge in [-0.05, 0) is 60.4 Å². The van der Waals surface area contributed by atoms with E-state index in [9.17, 15) is 30.6 Å². The van der Waals surface area contributed by atoms with Crippen LogP contribution in [0.15, 0.2) is 66.2 Å². The van der Waals surface area contributed by atoms with Crippen LogP contribution in [0.2, 0.25) is 0 Å². The molecule has 3 rings (SSSR count). The molecular weight excluding hydrogens is 781 g/mol. The van der Waals surface area contributed by atoms with Gasteiger partial charge in [-0.2, -0.15) is 21.0 Å². The molecule has 0 spiro atoms. The summed E-state index contributed by atoms with van der Waals surface area (Å²) >= 11 is 0. The van der Waals surface area contributed by atoms with Crippen LogP contribution in [0.4, 0.5) is 11.4 Å². The second kappa shape index (κ2) is 27.2. The van der Waals surface area contributed by atoms with Crippen molar-refractivity contribution in [2.24, 2.45) is 0 Å². The summed E-state index contributed by atoms with van der Waals surface area (Å²) in [6.07, 6.45) is 10.4. The third-order valence-electron chi connectivity index (χ3n) is 10.1. The Morgan fingerprint density at radius 3 is 1.37 bits per heavy atom. The Balaban J connectivity index is 2.31. The fourth-order valence-corrected chi connectivity index (χ4v) is 6.68. The SMILES string of the molecule is CCCCCCCC(=O)OCCOc1c/c(=C(\C(=C(C#N)C#N)c2ccc(N(C)C)cc2)c2ccc(N(C)C)cc2)c(OCCOC(=O)CCCCCCC)cc1=C(C#N)C#N. The molecule has 0 saturated heterocycles. The van der Waals surface area contributed by atoms with E-state index in [-0.39, 0.29) is 79.1 Å². The molecule has 0 unspecified atom stereocenters. The van der Waals surface area contributed by atoms with Crippen molar-refractivity contribution in [1.29, 1.82) is 21.0 Å². The zero-order valence-corrected chi connectivity index (χ0v) is 37.2. The lowest BCUT2D eigenvalue weighted by Gasteiger charge is -2.20. The van der Waals surface area contributed by atoms with Crippen LogP contribution in [0.5, 0.6) is 11.5 Å². The van der Waals surface area contributed by atoms with Crippen molar-refractivity contribution >= 4 is 40.0 Å². The van der Waals surface area contributed by atoms with Crippen molar-refractivity contribution in [1.82, 2.24) is 0 Å². The molecule has 0 bridgehead atoms. The lowest BCUT2D eigenvalue weighted by Crippen LogP contribution is -2.24. The van der Waals surface area contributed by atoms with Gasteiger partial charge in [0.05, 0.1) is 0 Å². The predicted octanol–water partition coefficient (Wildman–Crippen LogP) is 8.28. The van der Waals surface area contributed by atoms with E-state index in [1.807, 2.05) is 98.7 Å². The average Bonchev–Trinajstić information content (AvgIpc) is 3.27. The molecule has 0 atom stereocenters. The summed E-state index contributed by atoms with van der Waals surface area (Å²) in [5, 5.41) is 41.7. The molecule has 0 aliphatic heterocycles. The minimum atomic E-state index is -0.347. The third kappa shape index (κ3) is 15.4. The molecule has 0 fully saturated rings. The number of esters is 2. The fourth-order valence-electron chi connectivity index (χ4n) is 6.68. The van der Waals surface area contributed by atoms with Gasteiger partial charge in [-0.25, -0.2) is 0 Å². The number of hydrogen-bond donors (Lipinski definition) is 0. The van der Waals surface area contributed by atoms with Crippen molar-refractivity contribution in [3.05, 3.63) is 87.8 Å². The van der Waals surface area contributed by atoms with Crippen molar-refractivity contribution in [2.45, 2.75) is 90.9 Å². The Bertz CT molecular complexity index is 2240. The van der Waals surface area contributed by atoms with Gasteiger partial charge in [0.2, 0.25) is 0 Å². The zero-order chi connectivity index (χ0) is 45.3. The summed E-state index contributed by atoms with van der Waals surface area (Å²) in [6, 6.07) is 26.2. The van der Waals surface area contributed by atoms with E-state index in [1.54, 1.807) is 6.07 Å². The molecule has 0 aliphatic carbocycles. The van der Waals surface area contributed by atoms with Crippen molar-refractivity contribution in [3.63, 3.8) is 0 Å². The van der Waals surface area contributed by atoms with E-state index in [1.165, 1.54) is 6.07 Å². The highest BCUT2D eigenvalue weighted by molar-refractivity contribution is 6.08. The molecule has 3 aromatic carbocycles. The number of allylic oxidation sites excluding steroid dienone is 2. The molecule has 326 valence electrons. The standard InChI is InChI=1S/C50H60N6O6/c1-7-9-11-13-15-17-47(57)61-29-27-59-45-32-44(46(31-43(45)39(33-51)34-52)60-28-30-62-48(58)18-16-14-12-10-8-2)50(38-21-25-42(26-22-38)56(5)6)49(40(35-53)36-54)37-19-23-41(24-20-37)55(3)4/h19-26,31-32H,7-18,27-30H2,1-6H3/b50-44+. The van der Waals surface area contributed by atoms with Crippen LogP contribution < -0.4 is 29.7 Å². The second-order valence-corrected chi connectivity index (χ2v) is 15.1. The van der Waals surface area contributed by atoms with Crippen LogP contribution in [0.25, 0.3) is 16.7 Å². The van der Waals surface area contributed by atoms with E-state index in [0.717, 1.165) is 75.6 Å². The van der Waals surface area contributed by atoms with Gasteiger partial charge >= 0.3 is 11.9 Å². The largest absolute Gasteiger partial charge is 0.489 e. The Morgan fingerprint density at radius 1 is 0.532 bits per heavy atom. The van der Waals surface area contributed by atoms with Crippen molar-refractivity contribution in [3.8, 4) is 35.8 Å². The Hall–Kier alpha value is -6.76. The van der Waals surface area contributed by atoms with Crippen molar-refractivity contribution < 1.29 is 28.5 Å². The summed E-state index contributed by atoms with van der Waals surface area (Å²) in [6.45, 7) is 3.90. The number of benzene rings is 3. The van der Waals surface area contributed by atoms with Crippen LogP contribution in [0, 0.1) is 45.3 Å². The molecule has 0 heterocycles. The number of ether oxygens (including phenoxy) is 4. The van der Waals surface area contributed by atoms with Gasteiger partial charge in [0, 0.05) is 74.0 Å². The number of nitriles is 4. The van der Waals surface area contributed by atoms with Gasteiger partial charge in [-0.1, -0.05) is 89.5 Å². The number of hydrogen-bond acceptors (Lipinski definition) is 12. The minimum absolute atomic E-state index is 0.0823. The molecule has 0 aromatic heterocycles. The second-order valence-electron chi connectivity index (χ2n) is 15.1. The molecule has 0 amide bonds. The van der Waals surface area contributed by atoms with Crippen LogP contribution in [-0.4, -0.2) is 66.6 Å². The van der Waals surface area contributed by atoms with Gasteiger partial charge in [0.1, 0.15) is 73.3 Å². The average molecular weight is 841 g/mol. The molecule has 62 heavy (non-hydrogen) atoms. The Kier molecular flexibility index (Phi) is 21.7. The predicted molar refractivity (Wildman–Crippen MR) is 242 cm³/mol. The maximum atomic E-state index is 12.6. The minimum Gasteiger partial charge on any atom is -0.489 e. The molecule has 0 saturated carbocycles. The molecule has 12 heteroatoms. The van der Waals surface area contributed by atoms with E-state index in [4.69, 9.17) is 18.9 Å². The van der Waals surface area contributed by atoms with Gasteiger partial charge in [-0.3, -0.25) is 9.59 Å². The molecule has 0 radical (unpaired) electrons. The number of carbonyl (C=O) groups is 2. The number of unbranched alkanes of at least 4 members (excludes halogenated alkanes) is 8. The van der Waals surface area contributed by atoms with Crippen molar-refractivity contribution in [2.75, 3.05) is 64.4 Å². The number of anilines is 2. The lowest BCUT2D eigenvalue weighted by molar-refractivity contribution is -0.145. The molecule has 0 aliphatic rings. The van der Waals surface area contributed by atoms with Gasteiger partial charge in [0.25, 0.3) is 0 Å². The van der Waals surface area contributed by atoms with Crippen LogP contribution >= 0.6 is 0 Å². The first-order chi connectivity index (χ1) is 30.0. The Labute approximate surface area is 367 Å². The summed E-state index contributed by atoms with van der Waals surface area (Å²) in [5.74, 6) is -0.412. The molecule has 3 aromatic rings. The van der Waals surface area contributed by atoms with Crippen LogP contribution in [-0.2, 0) is 19.1 Å². The first-order valence-corrected chi connectivity index (χ1v) is 21.4. The molecule has 12 nitrogen and oxygen atoms in total. The first kappa shape index (κ1) is 49.6. The lowest BCUT2D eigenvalue weighted by atomic mass is 9.87. The van der Waals surface area contributed by atoms with Crippen LogP contribution in [0.3, 0.4) is 0 Å². The van der Waals surface area contributed by atoms with Gasteiger partial charge in [-0.15, -0.1) is 0 Å². The van der Waals surface area contributed by atoms with Gasteiger partial charge in [0.15, 0.2) is 0 Å². The zero-order valence-electron chi connectivity index (χ0n) is 37.2. The maximum absolute atomic E-state index is 12.6. The van der Waals surface area contributed by atoms with Crippen LogP contribution in [0.1, 0.15) is 102 Å². The molecular formula is C50H60N6O6. The summed E-state index contributed by atoms with van der Waals surface area (Å²) < 4.78 is 23.6. The van der Waals surface area contributed by atoms with Gasteiger partial charge < -0.3 is 28.7 Å². The third-order valence-corrected chi connectivity index (χ3v) is 10.1. The van der Waals surface area contributed by atoms with E-state index in [0.29, 0.717) is 27.5 Å².